The van der Waals surface area contributed by atoms with E-state index >= 15 is 0 Å². The van der Waals surface area contributed by atoms with Crippen molar-refractivity contribution in [3.05, 3.63) is 0 Å². The Bertz CT molecular complexity index is 346. The Labute approximate surface area is 121 Å². The number of nitrogens with two attached hydrogens (primary N) is 1. The highest BCUT2D eigenvalue weighted by Crippen LogP contribution is 2.17. The van der Waals surface area contributed by atoms with Crippen LogP contribution in [0.4, 0.5) is 4.79 Å². The van der Waals surface area contributed by atoms with E-state index < -0.39 is 17.7 Å². The lowest BCUT2D eigenvalue weighted by Gasteiger charge is -2.31. The van der Waals surface area contributed by atoms with Gasteiger partial charge in [0.05, 0.1) is 12.1 Å². The fourth-order valence-electron chi connectivity index (χ4n) is 2.20. The van der Waals surface area contributed by atoms with Gasteiger partial charge < -0.3 is 15.8 Å². The lowest BCUT2D eigenvalue weighted by atomic mass is 10.1. The van der Waals surface area contributed by atoms with Gasteiger partial charge in [-0.15, -0.1) is 0 Å². The predicted octanol–water partition coefficient (Wildman–Crippen LogP) is 1.24. The number of hydrogen-bond acceptors (Lipinski definition) is 5. The van der Waals surface area contributed by atoms with E-state index in [2.05, 4.69) is 5.32 Å². The van der Waals surface area contributed by atoms with Crippen molar-refractivity contribution in [1.82, 2.24) is 10.2 Å². The molecule has 1 saturated heterocycles. The van der Waals surface area contributed by atoms with E-state index in [4.69, 9.17) is 10.5 Å². The number of amides is 2. The highest BCUT2D eigenvalue weighted by molar-refractivity contribution is 5.95. The van der Waals surface area contributed by atoms with Crippen LogP contribution < -0.4 is 11.1 Å². The normalized spacial score (nSPS) is 20.6. The molecule has 0 aromatic heterocycles. The Hall–Kier alpha value is -1.14. The monoisotopic (exact) mass is 285 g/mol. The average Bonchev–Trinajstić information content (AvgIpc) is 2.80. The third-order valence-electron chi connectivity index (χ3n) is 3.14. The molecule has 6 nitrogen and oxygen atoms in total. The zero-order valence-electron chi connectivity index (χ0n) is 12.9. The van der Waals surface area contributed by atoms with Crippen LogP contribution in [0.5, 0.6) is 0 Å². The fourth-order valence-corrected chi connectivity index (χ4v) is 2.20. The standard InChI is InChI=1S/C14H27N3O3/c1-5-6-11(15)12(18)17(10-7-8-16-9-10)13(19)20-14(2,3)4/h10-11,16H,5-9,15H2,1-4H3. The van der Waals surface area contributed by atoms with Gasteiger partial charge in [-0.1, -0.05) is 13.3 Å². The Balaban J connectivity index is 2.84. The number of carbonyl (C=O) groups excluding carboxylic acids is 2. The summed E-state index contributed by atoms with van der Waals surface area (Å²) in [7, 11) is 0. The van der Waals surface area contributed by atoms with E-state index in [9.17, 15) is 9.59 Å². The number of rotatable bonds is 4. The first-order chi connectivity index (χ1) is 9.26. The minimum absolute atomic E-state index is 0.166. The second-order valence-electron chi connectivity index (χ2n) is 6.23. The van der Waals surface area contributed by atoms with Crippen LogP contribution in [0, 0.1) is 0 Å². The fraction of sp³-hybridized carbons (Fsp3) is 0.857. The van der Waals surface area contributed by atoms with Crippen molar-refractivity contribution in [2.45, 2.75) is 64.6 Å². The molecule has 0 bridgehead atoms. The summed E-state index contributed by atoms with van der Waals surface area (Å²) >= 11 is 0. The average molecular weight is 285 g/mol. The van der Waals surface area contributed by atoms with Crippen LogP contribution in [0.1, 0.15) is 47.0 Å². The van der Waals surface area contributed by atoms with E-state index in [1.807, 2.05) is 6.92 Å². The van der Waals surface area contributed by atoms with Gasteiger partial charge in [-0.3, -0.25) is 4.79 Å². The van der Waals surface area contributed by atoms with Crippen molar-refractivity contribution >= 4 is 12.0 Å². The second kappa shape index (κ2) is 7.04. The molecule has 20 heavy (non-hydrogen) atoms. The van der Waals surface area contributed by atoms with E-state index in [0.29, 0.717) is 13.0 Å². The smallest absolute Gasteiger partial charge is 0.417 e. The molecule has 2 atom stereocenters. The summed E-state index contributed by atoms with van der Waals surface area (Å²) in [5.41, 5.74) is 5.25. The van der Waals surface area contributed by atoms with E-state index in [0.717, 1.165) is 19.4 Å². The van der Waals surface area contributed by atoms with Crippen molar-refractivity contribution in [3.8, 4) is 0 Å². The first-order valence-electron chi connectivity index (χ1n) is 7.28. The molecule has 1 rings (SSSR count). The maximum Gasteiger partial charge on any atom is 0.417 e. The van der Waals surface area contributed by atoms with Crippen molar-refractivity contribution in [2.24, 2.45) is 5.73 Å². The number of ether oxygens (including phenoxy) is 1. The summed E-state index contributed by atoms with van der Waals surface area (Å²) in [5.74, 6) is -0.338. The SMILES string of the molecule is CCCC(N)C(=O)N(C(=O)OC(C)(C)C)C1CCNC1. The number of hydrogen-bond donors (Lipinski definition) is 2. The summed E-state index contributed by atoms with van der Waals surface area (Å²) in [6, 6.07) is -0.812. The first-order valence-corrected chi connectivity index (χ1v) is 7.28. The lowest BCUT2D eigenvalue weighted by molar-refractivity contribution is -0.133. The highest BCUT2D eigenvalue weighted by atomic mass is 16.6. The Morgan fingerprint density at radius 1 is 1.45 bits per heavy atom. The van der Waals surface area contributed by atoms with Crippen molar-refractivity contribution < 1.29 is 14.3 Å². The van der Waals surface area contributed by atoms with Crippen molar-refractivity contribution in [2.75, 3.05) is 13.1 Å². The maximum atomic E-state index is 12.4. The number of nitrogens with zero attached hydrogens (tertiary/aromatic N) is 1. The molecule has 2 amide bonds. The molecule has 1 heterocycles. The molecule has 1 aliphatic heterocycles. The molecular weight excluding hydrogens is 258 g/mol. The van der Waals surface area contributed by atoms with Crippen LogP contribution in [-0.2, 0) is 9.53 Å². The molecule has 2 unspecified atom stereocenters. The zero-order valence-corrected chi connectivity index (χ0v) is 12.9. The largest absolute Gasteiger partial charge is 0.443 e. The van der Waals surface area contributed by atoms with E-state index in [1.165, 1.54) is 4.90 Å². The highest BCUT2D eigenvalue weighted by Gasteiger charge is 2.36. The molecule has 1 fully saturated rings. The number of carbonyl (C=O) groups is 2. The van der Waals surface area contributed by atoms with Gasteiger partial charge in [-0.2, -0.15) is 0 Å². The molecule has 116 valence electrons. The van der Waals surface area contributed by atoms with Crippen LogP contribution in [0.2, 0.25) is 0 Å². The van der Waals surface area contributed by atoms with Gasteiger partial charge in [0.2, 0.25) is 5.91 Å². The van der Waals surface area contributed by atoms with Crippen molar-refractivity contribution in [3.63, 3.8) is 0 Å². The molecule has 6 heteroatoms. The summed E-state index contributed by atoms with van der Waals surface area (Å²) in [6.07, 6.45) is 1.52. The van der Waals surface area contributed by atoms with Crippen LogP contribution in [-0.4, -0.2) is 47.7 Å². The quantitative estimate of drug-likeness (QED) is 0.812. The summed E-state index contributed by atoms with van der Waals surface area (Å²) in [4.78, 5) is 25.9. The molecule has 0 aromatic carbocycles. The zero-order chi connectivity index (χ0) is 15.3. The molecule has 0 aliphatic carbocycles. The molecule has 3 N–H and O–H groups in total. The van der Waals surface area contributed by atoms with Gasteiger partial charge in [0.25, 0.3) is 0 Å². The van der Waals surface area contributed by atoms with E-state index in [-0.39, 0.29) is 11.9 Å². The third kappa shape index (κ3) is 4.76. The summed E-state index contributed by atoms with van der Waals surface area (Å²) in [5, 5.41) is 3.15. The van der Waals surface area contributed by atoms with Crippen LogP contribution >= 0.6 is 0 Å². The Kier molecular flexibility index (Phi) is 5.95. The minimum atomic E-state index is -0.645. The first kappa shape index (κ1) is 16.9. The van der Waals surface area contributed by atoms with Gasteiger partial charge in [-0.25, -0.2) is 9.69 Å². The third-order valence-corrected chi connectivity index (χ3v) is 3.14. The van der Waals surface area contributed by atoms with Crippen LogP contribution in [0.25, 0.3) is 0 Å². The molecule has 0 aromatic rings. The predicted molar refractivity (Wildman–Crippen MR) is 77.2 cm³/mol. The second-order valence-corrected chi connectivity index (χ2v) is 6.23. The Morgan fingerprint density at radius 3 is 2.55 bits per heavy atom. The number of imide groups is 1. The van der Waals surface area contributed by atoms with Gasteiger partial charge in [0, 0.05) is 6.54 Å². The van der Waals surface area contributed by atoms with Gasteiger partial charge in [-0.05, 0) is 40.2 Å². The maximum absolute atomic E-state index is 12.4. The van der Waals surface area contributed by atoms with Gasteiger partial charge >= 0.3 is 6.09 Å². The van der Waals surface area contributed by atoms with Crippen LogP contribution in [0.15, 0.2) is 0 Å². The summed E-state index contributed by atoms with van der Waals surface area (Å²) < 4.78 is 5.34. The molecule has 1 aliphatic rings. The van der Waals surface area contributed by atoms with Gasteiger partial charge in [0.15, 0.2) is 0 Å². The lowest BCUT2D eigenvalue weighted by Crippen LogP contribution is -2.53. The molecule has 0 spiro atoms. The molecule has 0 radical (unpaired) electrons. The van der Waals surface area contributed by atoms with Crippen molar-refractivity contribution in [1.29, 1.82) is 0 Å². The summed E-state index contributed by atoms with van der Waals surface area (Å²) in [6.45, 7) is 8.71. The molecule has 0 saturated carbocycles. The topological polar surface area (TPSA) is 84.7 Å². The Morgan fingerprint density at radius 2 is 2.10 bits per heavy atom. The van der Waals surface area contributed by atoms with E-state index in [1.54, 1.807) is 20.8 Å². The number of nitrogens with one attached hydrogen (secondary N) is 1. The molecular formula is C14H27N3O3. The van der Waals surface area contributed by atoms with Gasteiger partial charge in [0.1, 0.15) is 5.60 Å². The minimum Gasteiger partial charge on any atom is -0.443 e. The van der Waals surface area contributed by atoms with Crippen LogP contribution in [0.3, 0.4) is 0 Å².